The molecule has 1 aliphatic heterocycles. The van der Waals surface area contributed by atoms with Crippen molar-refractivity contribution in [1.82, 2.24) is 0 Å². The fourth-order valence-corrected chi connectivity index (χ4v) is 3.62. The molecule has 178 valence electrons. The Kier molecular flexibility index (Phi) is 6.91. The number of hydrogen-bond donors (Lipinski definition) is 0. The van der Waals surface area contributed by atoms with Gasteiger partial charge in [-0.1, -0.05) is 26.8 Å². The third-order valence-electron chi connectivity index (χ3n) is 5.12. The molecule has 2 aromatic rings. The minimum atomic E-state index is -0.869. The molecule has 0 bridgehead atoms. The molecule has 7 nitrogen and oxygen atoms in total. The van der Waals surface area contributed by atoms with Crippen LogP contribution in [0.4, 0.5) is 0 Å². The summed E-state index contributed by atoms with van der Waals surface area (Å²) in [5, 5.41) is 0. The van der Waals surface area contributed by atoms with Gasteiger partial charge in [-0.3, -0.25) is 4.79 Å². The maximum atomic E-state index is 12.4. The molecule has 0 atom stereocenters. The number of fused-ring (bicyclic) bond motifs is 1. The molecule has 0 aliphatic carbocycles. The van der Waals surface area contributed by atoms with Crippen LogP contribution in [0.5, 0.6) is 17.2 Å². The number of carbonyl (C=O) groups excluding carboxylic acids is 2. The third kappa shape index (κ3) is 5.78. The zero-order chi connectivity index (χ0) is 24.4. The van der Waals surface area contributed by atoms with Crippen molar-refractivity contribution in [3.05, 3.63) is 41.5 Å². The zero-order valence-corrected chi connectivity index (χ0v) is 20.4. The summed E-state index contributed by atoms with van der Waals surface area (Å²) in [6.45, 7) is 9.91. The quantitative estimate of drug-likeness (QED) is 0.507. The van der Waals surface area contributed by atoms with E-state index in [1.54, 1.807) is 33.1 Å². The largest absolute Gasteiger partial charge is 0.493 e. The highest BCUT2D eigenvalue weighted by atomic mass is 16.6. The molecule has 0 amide bonds. The van der Waals surface area contributed by atoms with Gasteiger partial charge in [-0.25, -0.2) is 4.79 Å². The molecular weight excluding hydrogens is 424 g/mol. The van der Waals surface area contributed by atoms with Crippen LogP contribution >= 0.6 is 0 Å². The summed E-state index contributed by atoms with van der Waals surface area (Å²) >= 11 is 0. The van der Waals surface area contributed by atoms with Crippen LogP contribution in [0.1, 0.15) is 57.0 Å². The molecule has 33 heavy (non-hydrogen) atoms. The Bertz CT molecular complexity index is 1050. The highest BCUT2D eigenvalue weighted by Crippen LogP contribution is 2.45. The van der Waals surface area contributed by atoms with Crippen molar-refractivity contribution < 1.29 is 33.3 Å². The van der Waals surface area contributed by atoms with Crippen LogP contribution in [-0.4, -0.2) is 38.4 Å². The van der Waals surface area contributed by atoms with E-state index in [9.17, 15) is 9.59 Å². The molecule has 1 aliphatic rings. The summed E-state index contributed by atoms with van der Waals surface area (Å²) in [5.41, 5.74) is 1.93. The first-order chi connectivity index (χ1) is 15.4. The van der Waals surface area contributed by atoms with Crippen LogP contribution in [0, 0.1) is 5.41 Å². The minimum absolute atomic E-state index is 0.103. The molecular formula is C26H32O7. The van der Waals surface area contributed by atoms with Gasteiger partial charge in [-0.15, -0.1) is 0 Å². The molecule has 0 unspecified atom stereocenters. The van der Waals surface area contributed by atoms with E-state index in [0.717, 1.165) is 16.7 Å². The van der Waals surface area contributed by atoms with E-state index in [4.69, 9.17) is 23.7 Å². The monoisotopic (exact) mass is 456 g/mol. The Balaban J connectivity index is 1.92. The maximum absolute atomic E-state index is 12.4. The lowest BCUT2D eigenvalue weighted by atomic mass is 9.92. The predicted molar refractivity (Wildman–Crippen MR) is 124 cm³/mol. The first-order valence-corrected chi connectivity index (χ1v) is 10.8. The lowest BCUT2D eigenvalue weighted by molar-refractivity contribution is -0.161. The minimum Gasteiger partial charge on any atom is -0.493 e. The van der Waals surface area contributed by atoms with Gasteiger partial charge in [0.15, 0.2) is 11.5 Å². The standard InChI is InChI=1S/C26H32O7/c1-25(2,3)13-21(27)33-26(4,5)15-32-22-18(10-11-20(29-6)23(22)30-7)16-8-9-19-17(12-16)14-31-24(19)28/h8-12H,13-15H2,1-7H3. The van der Waals surface area contributed by atoms with E-state index >= 15 is 0 Å². The summed E-state index contributed by atoms with van der Waals surface area (Å²) in [7, 11) is 3.09. The molecule has 0 spiro atoms. The first-order valence-electron chi connectivity index (χ1n) is 10.8. The second-order valence-electron chi connectivity index (χ2n) is 9.89. The summed E-state index contributed by atoms with van der Waals surface area (Å²) in [5.74, 6) is 0.802. The van der Waals surface area contributed by atoms with Gasteiger partial charge >= 0.3 is 11.9 Å². The van der Waals surface area contributed by atoms with Crippen molar-refractivity contribution in [2.75, 3.05) is 20.8 Å². The number of esters is 2. The highest BCUT2D eigenvalue weighted by molar-refractivity contribution is 5.94. The fraction of sp³-hybridized carbons (Fsp3) is 0.462. The zero-order valence-electron chi connectivity index (χ0n) is 20.4. The van der Waals surface area contributed by atoms with Crippen molar-refractivity contribution in [3.63, 3.8) is 0 Å². The summed E-state index contributed by atoms with van der Waals surface area (Å²) < 4.78 is 28.1. The van der Waals surface area contributed by atoms with Crippen LogP contribution in [0.2, 0.25) is 0 Å². The van der Waals surface area contributed by atoms with Gasteiger partial charge in [0.2, 0.25) is 5.75 Å². The molecule has 0 aromatic heterocycles. The molecule has 0 saturated carbocycles. The number of carbonyl (C=O) groups is 2. The van der Waals surface area contributed by atoms with E-state index in [1.165, 1.54) is 7.11 Å². The SMILES string of the molecule is COc1ccc(-c2ccc3c(c2)COC3=O)c(OCC(C)(C)OC(=O)CC(C)(C)C)c1OC. The van der Waals surface area contributed by atoms with Crippen LogP contribution in [0.3, 0.4) is 0 Å². The number of rotatable bonds is 8. The summed E-state index contributed by atoms with van der Waals surface area (Å²) in [6, 6.07) is 9.16. The molecule has 0 saturated heterocycles. The van der Waals surface area contributed by atoms with Crippen LogP contribution in [0.15, 0.2) is 30.3 Å². The van der Waals surface area contributed by atoms with E-state index in [2.05, 4.69) is 0 Å². The Labute approximate surface area is 194 Å². The van der Waals surface area contributed by atoms with E-state index in [0.29, 0.717) is 29.2 Å². The van der Waals surface area contributed by atoms with Crippen molar-refractivity contribution >= 4 is 11.9 Å². The normalized spacial score (nSPS) is 13.2. The number of cyclic esters (lactones) is 1. The Hall–Kier alpha value is -3.22. The Morgan fingerprint density at radius 2 is 1.67 bits per heavy atom. The third-order valence-corrected chi connectivity index (χ3v) is 5.12. The van der Waals surface area contributed by atoms with Gasteiger partial charge in [-0.05, 0) is 49.1 Å². The molecule has 1 heterocycles. The Morgan fingerprint density at radius 1 is 0.970 bits per heavy atom. The predicted octanol–water partition coefficient (Wildman–Crippen LogP) is 5.18. The van der Waals surface area contributed by atoms with E-state index in [-0.39, 0.29) is 30.6 Å². The second-order valence-corrected chi connectivity index (χ2v) is 9.89. The van der Waals surface area contributed by atoms with Crippen molar-refractivity contribution in [2.24, 2.45) is 5.41 Å². The lowest BCUT2D eigenvalue weighted by Gasteiger charge is -2.28. The number of benzene rings is 2. The lowest BCUT2D eigenvalue weighted by Crippen LogP contribution is -2.36. The fourth-order valence-electron chi connectivity index (χ4n) is 3.62. The van der Waals surface area contributed by atoms with Gasteiger partial charge in [-0.2, -0.15) is 0 Å². The van der Waals surface area contributed by atoms with Gasteiger partial charge in [0, 0.05) is 11.1 Å². The molecule has 7 heteroatoms. The second kappa shape index (κ2) is 9.33. The van der Waals surface area contributed by atoms with E-state index < -0.39 is 5.60 Å². The first kappa shape index (κ1) is 24.4. The average Bonchev–Trinajstić information content (AvgIpc) is 3.09. The number of hydrogen-bond acceptors (Lipinski definition) is 7. The van der Waals surface area contributed by atoms with Crippen molar-refractivity contribution in [1.29, 1.82) is 0 Å². The maximum Gasteiger partial charge on any atom is 0.338 e. The smallest absolute Gasteiger partial charge is 0.338 e. The topological polar surface area (TPSA) is 80.3 Å². The molecule has 0 fully saturated rings. The summed E-state index contributed by atoms with van der Waals surface area (Å²) in [4.78, 5) is 24.2. The van der Waals surface area contributed by atoms with Gasteiger partial charge in [0.25, 0.3) is 0 Å². The van der Waals surface area contributed by atoms with E-state index in [1.807, 2.05) is 39.0 Å². The highest BCUT2D eigenvalue weighted by Gasteiger charge is 2.29. The van der Waals surface area contributed by atoms with Crippen molar-refractivity contribution in [3.8, 4) is 28.4 Å². The van der Waals surface area contributed by atoms with Gasteiger partial charge in [0.05, 0.1) is 26.2 Å². The molecule has 0 radical (unpaired) electrons. The molecule has 0 N–H and O–H groups in total. The van der Waals surface area contributed by atoms with Gasteiger partial charge in [0.1, 0.15) is 18.8 Å². The number of ether oxygens (including phenoxy) is 5. The Morgan fingerprint density at radius 3 is 2.30 bits per heavy atom. The molecule has 3 rings (SSSR count). The summed E-state index contributed by atoms with van der Waals surface area (Å²) in [6.07, 6.45) is 0.306. The van der Waals surface area contributed by atoms with Gasteiger partial charge < -0.3 is 23.7 Å². The van der Waals surface area contributed by atoms with Crippen LogP contribution in [0.25, 0.3) is 11.1 Å². The van der Waals surface area contributed by atoms with Crippen molar-refractivity contribution in [2.45, 2.75) is 53.2 Å². The van der Waals surface area contributed by atoms with Crippen LogP contribution < -0.4 is 14.2 Å². The molecule has 2 aromatic carbocycles. The van der Waals surface area contributed by atoms with Crippen LogP contribution in [-0.2, 0) is 20.9 Å². The number of methoxy groups -OCH3 is 2. The average molecular weight is 457 g/mol.